The average Bonchev–Trinajstić information content (AvgIpc) is 2.75. The van der Waals surface area contributed by atoms with Crippen LogP contribution in [-0.4, -0.2) is 77.6 Å². The van der Waals surface area contributed by atoms with Crippen LogP contribution < -0.4 is 9.64 Å². The van der Waals surface area contributed by atoms with Gasteiger partial charge < -0.3 is 24.0 Å². The smallest absolute Gasteiger partial charge is 0.410 e. The topological polar surface area (TPSA) is 54.5 Å². The van der Waals surface area contributed by atoms with Gasteiger partial charge in [-0.3, -0.25) is 4.90 Å². The zero-order chi connectivity index (χ0) is 22.6. The van der Waals surface area contributed by atoms with E-state index in [1.54, 1.807) is 12.0 Å². The molecule has 2 aromatic rings. The van der Waals surface area contributed by atoms with Gasteiger partial charge in [0.05, 0.1) is 20.3 Å². The molecule has 7 heteroatoms. The highest BCUT2D eigenvalue weighted by Gasteiger charge is 2.17. The van der Waals surface area contributed by atoms with Crippen LogP contribution >= 0.6 is 0 Å². The molecule has 0 aliphatic carbocycles. The Morgan fingerprint density at radius 2 is 1.58 bits per heavy atom. The average molecular weight is 430 g/mol. The molecule has 0 aromatic heterocycles. The van der Waals surface area contributed by atoms with Crippen LogP contribution in [0.15, 0.2) is 48.5 Å². The van der Waals surface area contributed by atoms with Crippen LogP contribution in [0.25, 0.3) is 0 Å². The molecule has 0 spiro atoms. The Morgan fingerprint density at radius 3 is 2.23 bits per heavy atom. The molecular weight excluding hydrogens is 394 g/mol. The van der Waals surface area contributed by atoms with E-state index < -0.39 is 0 Å². The largest absolute Gasteiger partial charge is 0.497 e. The summed E-state index contributed by atoms with van der Waals surface area (Å²) in [6.07, 6.45) is -0.365. The molecule has 170 valence electrons. The molecule has 0 saturated heterocycles. The van der Waals surface area contributed by atoms with Gasteiger partial charge in [-0.05, 0) is 49.5 Å². The van der Waals surface area contributed by atoms with Gasteiger partial charge in [-0.15, -0.1) is 0 Å². The van der Waals surface area contributed by atoms with Crippen molar-refractivity contribution in [3.63, 3.8) is 0 Å². The Morgan fingerprint density at radius 1 is 0.871 bits per heavy atom. The first-order chi connectivity index (χ1) is 14.9. The highest BCUT2D eigenvalue weighted by Crippen LogP contribution is 2.18. The van der Waals surface area contributed by atoms with E-state index in [0.29, 0.717) is 26.3 Å². The second-order valence-corrected chi connectivity index (χ2v) is 7.80. The quantitative estimate of drug-likeness (QED) is 0.482. The first-order valence-corrected chi connectivity index (χ1v) is 10.4. The summed E-state index contributed by atoms with van der Waals surface area (Å²) in [5.41, 5.74) is 3.12. The van der Waals surface area contributed by atoms with Crippen molar-refractivity contribution >= 4 is 11.8 Å². The molecule has 2 aromatic carbocycles. The number of anilines is 1. The van der Waals surface area contributed by atoms with Gasteiger partial charge in [-0.25, -0.2) is 4.79 Å². The molecule has 0 fully saturated rings. The summed E-state index contributed by atoms with van der Waals surface area (Å²) >= 11 is 0. The number of benzene rings is 2. The lowest BCUT2D eigenvalue weighted by Crippen LogP contribution is -2.31. The minimum absolute atomic E-state index is 0.223. The Balaban J connectivity index is 2.01. The maximum atomic E-state index is 12.8. The van der Waals surface area contributed by atoms with Crippen LogP contribution in [0, 0.1) is 0 Å². The fraction of sp³-hybridized carbons (Fsp3) is 0.458. The molecule has 7 nitrogen and oxygen atoms in total. The number of methoxy groups -OCH3 is 1. The van der Waals surface area contributed by atoms with Crippen LogP contribution in [0.3, 0.4) is 0 Å². The SMILES string of the molecule is COc1cccc(CN(Cc2ccc(N(C)C)cc2)C(=O)OCCOCCN(C)C)c1. The summed E-state index contributed by atoms with van der Waals surface area (Å²) in [5, 5.41) is 0. The van der Waals surface area contributed by atoms with Crippen LogP contribution in [0.2, 0.25) is 0 Å². The summed E-state index contributed by atoms with van der Waals surface area (Å²) < 4.78 is 16.3. The van der Waals surface area contributed by atoms with E-state index in [2.05, 4.69) is 0 Å². The molecule has 0 bridgehead atoms. The lowest BCUT2D eigenvalue weighted by Gasteiger charge is -2.23. The van der Waals surface area contributed by atoms with Crippen molar-refractivity contribution in [3.8, 4) is 5.75 Å². The number of carbonyl (C=O) groups excluding carboxylic acids is 1. The van der Waals surface area contributed by atoms with Crippen molar-refractivity contribution in [1.82, 2.24) is 9.80 Å². The van der Waals surface area contributed by atoms with Gasteiger partial charge in [0.1, 0.15) is 12.4 Å². The van der Waals surface area contributed by atoms with Crippen molar-refractivity contribution in [2.45, 2.75) is 13.1 Å². The third kappa shape index (κ3) is 8.86. The van der Waals surface area contributed by atoms with Crippen molar-refractivity contribution in [3.05, 3.63) is 59.7 Å². The van der Waals surface area contributed by atoms with Crippen molar-refractivity contribution in [2.75, 3.05) is 66.6 Å². The third-order valence-corrected chi connectivity index (χ3v) is 4.73. The Kier molecular flexibility index (Phi) is 10.1. The first kappa shape index (κ1) is 24.5. The normalized spacial score (nSPS) is 10.8. The van der Waals surface area contributed by atoms with Gasteiger partial charge in [0.25, 0.3) is 0 Å². The highest BCUT2D eigenvalue weighted by atomic mass is 16.6. The predicted molar refractivity (Wildman–Crippen MR) is 124 cm³/mol. The van der Waals surface area contributed by atoms with E-state index in [1.165, 1.54) is 0 Å². The fourth-order valence-corrected chi connectivity index (χ4v) is 2.92. The fourth-order valence-electron chi connectivity index (χ4n) is 2.92. The number of hydrogen-bond acceptors (Lipinski definition) is 6. The Bertz CT molecular complexity index is 794. The maximum Gasteiger partial charge on any atom is 0.410 e. The van der Waals surface area contributed by atoms with E-state index in [-0.39, 0.29) is 12.7 Å². The monoisotopic (exact) mass is 429 g/mol. The first-order valence-electron chi connectivity index (χ1n) is 10.4. The van der Waals surface area contributed by atoms with E-state index in [9.17, 15) is 4.79 Å². The van der Waals surface area contributed by atoms with Gasteiger partial charge in [0.15, 0.2) is 0 Å². The molecule has 0 unspecified atom stereocenters. The predicted octanol–water partition coefficient (Wildman–Crippen LogP) is 3.48. The lowest BCUT2D eigenvalue weighted by atomic mass is 10.1. The van der Waals surface area contributed by atoms with Crippen LogP contribution in [0.1, 0.15) is 11.1 Å². The summed E-state index contributed by atoms with van der Waals surface area (Å²) in [5.74, 6) is 0.760. The summed E-state index contributed by atoms with van der Waals surface area (Å²) in [7, 11) is 9.62. The van der Waals surface area contributed by atoms with Gasteiger partial charge in [0, 0.05) is 39.4 Å². The third-order valence-electron chi connectivity index (χ3n) is 4.73. The molecule has 0 N–H and O–H groups in total. The number of likely N-dealkylation sites (N-methyl/N-ethyl adjacent to an activating group) is 1. The molecule has 0 aliphatic heterocycles. The summed E-state index contributed by atoms with van der Waals surface area (Å²) in [6.45, 7) is 2.91. The second-order valence-electron chi connectivity index (χ2n) is 7.80. The van der Waals surface area contributed by atoms with E-state index in [4.69, 9.17) is 14.2 Å². The van der Waals surface area contributed by atoms with Gasteiger partial charge in [-0.1, -0.05) is 24.3 Å². The summed E-state index contributed by atoms with van der Waals surface area (Å²) in [4.78, 5) is 18.6. The molecule has 2 rings (SSSR count). The molecule has 0 radical (unpaired) electrons. The lowest BCUT2D eigenvalue weighted by molar-refractivity contribution is 0.0481. The molecule has 1 amide bonds. The number of rotatable bonds is 12. The Hall–Kier alpha value is -2.77. The zero-order valence-electron chi connectivity index (χ0n) is 19.3. The van der Waals surface area contributed by atoms with E-state index in [0.717, 1.165) is 29.1 Å². The molecule has 0 saturated carbocycles. The standard InChI is InChI=1S/C24H35N3O4/c1-25(2)13-14-30-15-16-31-24(28)27(19-21-7-6-8-23(17-21)29-5)18-20-9-11-22(12-10-20)26(3)4/h6-12,17H,13-16,18-19H2,1-5H3. The number of hydrogen-bond donors (Lipinski definition) is 0. The Labute approximate surface area is 186 Å². The number of amides is 1. The zero-order valence-corrected chi connectivity index (χ0v) is 19.3. The number of nitrogens with zero attached hydrogens (tertiary/aromatic N) is 3. The molecule has 0 heterocycles. The minimum Gasteiger partial charge on any atom is -0.497 e. The van der Waals surface area contributed by atoms with Crippen LogP contribution in [0.4, 0.5) is 10.5 Å². The highest BCUT2D eigenvalue weighted by molar-refractivity contribution is 5.67. The minimum atomic E-state index is -0.365. The maximum absolute atomic E-state index is 12.8. The van der Waals surface area contributed by atoms with E-state index in [1.807, 2.05) is 86.5 Å². The van der Waals surface area contributed by atoms with E-state index >= 15 is 0 Å². The van der Waals surface area contributed by atoms with Crippen LogP contribution in [-0.2, 0) is 22.6 Å². The van der Waals surface area contributed by atoms with Gasteiger partial charge in [-0.2, -0.15) is 0 Å². The number of carbonyl (C=O) groups is 1. The summed E-state index contributed by atoms with van der Waals surface area (Å²) in [6, 6.07) is 15.9. The van der Waals surface area contributed by atoms with Crippen LogP contribution in [0.5, 0.6) is 5.75 Å². The second kappa shape index (κ2) is 12.8. The molecule has 0 atom stereocenters. The van der Waals surface area contributed by atoms with Crippen molar-refractivity contribution in [1.29, 1.82) is 0 Å². The molecule has 0 aliphatic rings. The van der Waals surface area contributed by atoms with Crippen molar-refractivity contribution < 1.29 is 19.0 Å². The van der Waals surface area contributed by atoms with Gasteiger partial charge >= 0.3 is 6.09 Å². The van der Waals surface area contributed by atoms with Gasteiger partial charge in [0.2, 0.25) is 0 Å². The number of ether oxygens (including phenoxy) is 3. The molecule has 31 heavy (non-hydrogen) atoms. The van der Waals surface area contributed by atoms with Crippen molar-refractivity contribution in [2.24, 2.45) is 0 Å². The molecular formula is C24H35N3O4.